The Balaban J connectivity index is 3.81. The third-order valence-corrected chi connectivity index (χ3v) is 1.91. The van der Waals surface area contributed by atoms with Crippen LogP contribution in [-0.4, -0.2) is 59.1 Å². The van der Waals surface area contributed by atoms with Crippen molar-refractivity contribution in [2.75, 3.05) is 26.4 Å². The molecule has 0 aliphatic heterocycles. The van der Waals surface area contributed by atoms with Gasteiger partial charge in [0.2, 0.25) is 0 Å². The van der Waals surface area contributed by atoms with Crippen molar-refractivity contribution >= 4 is 7.32 Å². The van der Waals surface area contributed by atoms with Crippen molar-refractivity contribution in [2.24, 2.45) is 5.41 Å². The molecule has 6 nitrogen and oxygen atoms in total. The topological polar surface area (TPSA) is 110 Å². The lowest BCUT2D eigenvalue weighted by molar-refractivity contribution is -0.0125. The van der Waals surface area contributed by atoms with Crippen molar-refractivity contribution in [1.29, 1.82) is 0 Å². The molecule has 0 atom stereocenters. The van der Waals surface area contributed by atoms with Crippen LogP contribution in [0.15, 0.2) is 0 Å². The molecule has 0 aromatic rings. The summed E-state index contributed by atoms with van der Waals surface area (Å²) in [6.45, 7) is -1.21. The van der Waals surface area contributed by atoms with E-state index in [1.807, 2.05) is 0 Å². The van der Waals surface area contributed by atoms with Gasteiger partial charge in [-0.2, -0.15) is 0 Å². The van der Waals surface area contributed by atoms with E-state index in [1.165, 1.54) is 0 Å². The molecule has 0 radical (unpaired) electrons. The summed E-state index contributed by atoms with van der Waals surface area (Å²) < 4.78 is 4.38. The van der Waals surface area contributed by atoms with Gasteiger partial charge in [-0.1, -0.05) is 0 Å². The summed E-state index contributed by atoms with van der Waals surface area (Å²) in [6, 6.07) is 0. The first-order chi connectivity index (χ1) is 6.10. The van der Waals surface area contributed by atoms with Crippen LogP contribution in [0.1, 0.15) is 6.42 Å². The zero-order valence-corrected chi connectivity index (χ0v) is 7.26. The molecule has 0 fully saturated rings. The van der Waals surface area contributed by atoms with Gasteiger partial charge in [0, 0.05) is 12.0 Å². The maximum Gasteiger partial charge on any atom is 0.633 e. The van der Waals surface area contributed by atoms with E-state index in [1.54, 1.807) is 0 Å². The molecule has 0 spiro atoms. The number of aliphatic hydroxyl groups excluding tert-OH is 3. The normalized spacial score (nSPS) is 11.8. The second kappa shape index (κ2) is 6.30. The third-order valence-electron chi connectivity index (χ3n) is 1.91. The first-order valence-corrected chi connectivity index (χ1v) is 3.90. The maximum absolute atomic E-state index is 8.84. The predicted octanol–water partition coefficient (Wildman–Crippen LogP) is -2.67. The molecule has 0 aliphatic rings. The van der Waals surface area contributed by atoms with E-state index in [4.69, 9.17) is 25.4 Å². The Hall–Kier alpha value is -0.175. The van der Waals surface area contributed by atoms with Gasteiger partial charge in [-0.15, -0.1) is 0 Å². The number of rotatable bonds is 7. The minimum Gasteiger partial charge on any atom is -0.402 e. The van der Waals surface area contributed by atoms with Gasteiger partial charge in [0.15, 0.2) is 0 Å². The van der Waals surface area contributed by atoms with Gasteiger partial charge >= 0.3 is 7.32 Å². The lowest BCUT2D eigenvalue weighted by Crippen LogP contribution is -2.36. The number of hydrogen-bond donors (Lipinski definition) is 5. The molecule has 0 bridgehead atoms. The van der Waals surface area contributed by atoms with Crippen molar-refractivity contribution in [1.82, 2.24) is 0 Å². The van der Waals surface area contributed by atoms with Crippen LogP contribution >= 0.6 is 0 Å². The molecule has 0 saturated heterocycles. The van der Waals surface area contributed by atoms with Gasteiger partial charge < -0.3 is 30.0 Å². The lowest BCUT2D eigenvalue weighted by Gasteiger charge is -2.26. The van der Waals surface area contributed by atoms with Crippen LogP contribution in [-0.2, 0) is 4.65 Å². The summed E-state index contributed by atoms with van der Waals surface area (Å²) in [5.41, 5.74) is -1.02. The average molecular weight is 194 g/mol. The highest BCUT2D eigenvalue weighted by Gasteiger charge is 2.28. The molecule has 13 heavy (non-hydrogen) atoms. The summed E-state index contributed by atoms with van der Waals surface area (Å²) in [5.74, 6) is 0. The molecule has 0 heterocycles. The lowest BCUT2D eigenvalue weighted by atomic mass is 9.87. The first-order valence-electron chi connectivity index (χ1n) is 3.90. The highest BCUT2D eigenvalue weighted by Crippen LogP contribution is 2.19. The number of hydrogen-bond acceptors (Lipinski definition) is 6. The molecule has 0 aromatic heterocycles. The van der Waals surface area contributed by atoms with Crippen LogP contribution in [0.4, 0.5) is 0 Å². The van der Waals surface area contributed by atoms with E-state index in [0.717, 1.165) is 0 Å². The average Bonchev–Trinajstić information content (AvgIpc) is 2.13. The molecule has 0 unspecified atom stereocenters. The van der Waals surface area contributed by atoms with Gasteiger partial charge in [-0.05, 0) is 6.42 Å². The minimum atomic E-state index is -1.87. The maximum atomic E-state index is 8.84. The monoisotopic (exact) mass is 194 g/mol. The van der Waals surface area contributed by atoms with Crippen LogP contribution in [0.2, 0.25) is 0 Å². The molecule has 0 rings (SSSR count). The smallest absolute Gasteiger partial charge is 0.402 e. The van der Waals surface area contributed by atoms with Crippen LogP contribution in [0.3, 0.4) is 0 Å². The van der Waals surface area contributed by atoms with Crippen molar-refractivity contribution < 1.29 is 30.0 Å². The minimum absolute atomic E-state index is 0.0562. The standard InChI is InChI=1S/C6H15BO6/c8-3-6(4-9,5-10)1-2-13-7(11)12/h8-12H,1-5H2. The highest BCUT2D eigenvalue weighted by atomic mass is 16.6. The fourth-order valence-electron chi connectivity index (χ4n) is 0.768. The predicted molar refractivity (Wildman–Crippen MR) is 44.5 cm³/mol. The Morgan fingerprint density at radius 2 is 1.46 bits per heavy atom. The van der Waals surface area contributed by atoms with E-state index >= 15 is 0 Å². The third kappa shape index (κ3) is 4.56. The van der Waals surface area contributed by atoms with Crippen molar-refractivity contribution in [2.45, 2.75) is 6.42 Å². The Kier molecular flexibility index (Phi) is 6.22. The van der Waals surface area contributed by atoms with Crippen LogP contribution in [0.25, 0.3) is 0 Å². The Morgan fingerprint density at radius 1 is 1.00 bits per heavy atom. The van der Waals surface area contributed by atoms with E-state index in [-0.39, 0.29) is 32.8 Å². The summed E-state index contributed by atoms with van der Waals surface area (Å²) >= 11 is 0. The van der Waals surface area contributed by atoms with Crippen LogP contribution in [0.5, 0.6) is 0 Å². The molecule has 0 aliphatic carbocycles. The quantitative estimate of drug-likeness (QED) is 0.282. The molecule has 78 valence electrons. The summed E-state index contributed by atoms with van der Waals surface area (Å²) in [6.07, 6.45) is 0.147. The zero-order valence-electron chi connectivity index (χ0n) is 7.26. The fourth-order valence-corrected chi connectivity index (χ4v) is 0.768. The Bertz CT molecular complexity index is 118. The molecule has 0 amide bonds. The van der Waals surface area contributed by atoms with Gasteiger partial charge in [0.25, 0.3) is 0 Å². The molecule has 0 saturated carbocycles. The Labute approximate surface area is 76.6 Å². The van der Waals surface area contributed by atoms with E-state index < -0.39 is 12.7 Å². The van der Waals surface area contributed by atoms with Crippen molar-refractivity contribution in [3.05, 3.63) is 0 Å². The summed E-state index contributed by atoms with van der Waals surface area (Å²) in [7, 11) is -1.87. The summed E-state index contributed by atoms with van der Waals surface area (Å²) in [5, 5.41) is 43.1. The van der Waals surface area contributed by atoms with Crippen molar-refractivity contribution in [3.8, 4) is 0 Å². The van der Waals surface area contributed by atoms with Crippen LogP contribution < -0.4 is 0 Å². The number of aliphatic hydroxyl groups is 3. The first kappa shape index (κ1) is 12.8. The molecular formula is C6H15BO6. The Morgan fingerprint density at radius 3 is 1.77 bits per heavy atom. The largest absolute Gasteiger partial charge is 0.633 e. The van der Waals surface area contributed by atoms with E-state index in [2.05, 4.69) is 4.65 Å². The fraction of sp³-hybridized carbons (Fsp3) is 1.00. The second-order valence-electron chi connectivity index (χ2n) is 2.92. The van der Waals surface area contributed by atoms with Crippen LogP contribution in [0, 0.1) is 5.41 Å². The highest BCUT2D eigenvalue weighted by molar-refractivity contribution is 6.32. The zero-order chi connectivity index (χ0) is 10.3. The van der Waals surface area contributed by atoms with Crippen molar-refractivity contribution in [3.63, 3.8) is 0 Å². The van der Waals surface area contributed by atoms with Gasteiger partial charge in [-0.25, -0.2) is 0 Å². The molecule has 7 heteroatoms. The molecular weight excluding hydrogens is 179 g/mol. The second-order valence-corrected chi connectivity index (χ2v) is 2.92. The summed E-state index contributed by atoms with van der Waals surface area (Å²) in [4.78, 5) is 0. The van der Waals surface area contributed by atoms with E-state index in [9.17, 15) is 0 Å². The molecule has 5 N–H and O–H groups in total. The van der Waals surface area contributed by atoms with Gasteiger partial charge in [0.05, 0.1) is 19.8 Å². The SMILES string of the molecule is OCC(CO)(CO)CCOB(O)O. The van der Waals surface area contributed by atoms with Gasteiger partial charge in [0.1, 0.15) is 0 Å². The van der Waals surface area contributed by atoms with Gasteiger partial charge in [-0.3, -0.25) is 0 Å². The van der Waals surface area contributed by atoms with E-state index in [0.29, 0.717) is 0 Å². The molecule has 0 aromatic carbocycles.